The van der Waals surface area contributed by atoms with Crippen LogP contribution < -0.4 is 5.32 Å². The van der Waals surface area contributed by atoms with Gasteiger partial charge in [-0.3, -0.25) is 9.59 Å². The Balaban J connectivity index is 1.81. The Morgan fingerprint density at radius 3 is 2.33 bits per heavy atom. The van der Waals surface area contributed by atoms with Crippen molar-refractivity contribution in [3.63, 3.8) is 0 Å². The van der Waals surface area contributed by atoms with Crippen molar-refractivity contribution in [1.82, 2.24) is 10.2 Å². The molecule has 0 aliphatic rings. The summed E-state index contributed by atoms with van der Waals surface area (Å²) < 4.78 is 0. The summed E-state index contributed by atoms with van der Waals surface area (Å²) in [7, 11) is 1.61. The van der Waals surface area contributed by atoms with Crippen LogP contribution in [0.4, 0.5) is 0 Å². The fourth-order valence-corrected chi connectivity index (χ4v) is 4.76. The predicted molar refractivity (Wildman–Crippen MR) is 137 cm³/mol. The number of halogens is 1. The maximum Gasteiger partial charge on any atom is 0.242 e. The molecule has 0 saturated heterocycles. The summed E-state index contributed by atoms with van der Waals surface area (Å²) >= 11 is 7.74. The number of thioether (sulfide) groups is 1. The van der Waals surface area contributed by atoms with Crippen LogP contribution in [-0.2, 0) is 28.3 Å². The van der Waals surface area contributed by atoms with Gasteiger partial charge in [-0.05, 0) is 35.7 Å². The van der Waals surface area contributed by atoms with Crippen molar-refractivity contribution in [3.05, 3.63) is 106 Å². The Hall–Kier alpha value is -2.76. The van der Waals surface area contributed by atoms with Gasteiger partial charge in [-0.2, -0.15) is 0 Å². The number of hydrogen-bond acceptors (Lipinski definition) is 3. The van der Waals surface area contributed by atoms with E-state index in [0.717, 1.165) is 16.9 Å². The summed E-state index contributed by atoms with van der Waals surface area (Å²) in [5.41, 5.74) is 4.27. The van der Waals surface area contributed by atoms with Gasteiger partial charge in [0.15, 0.2) is 0 Å². The highest BCUT2D eigenvalue weighted by molar-refractivity contribution is 7.99. The van der Waals surface area contributed by atoms with Gasteiger partial charge in [0.25, 0.3) is 0 Å². The molecule has 1 N–H and O–H groups in total. The summed E-state index contributed by atoms with van der Waals surface area (Å²) in [6.07, 6.45) is 0.440. The molecule has 3 rings (SSSR count). The number of amides is 2. The van der Waals surface area contributed by atoms with Gasteiger partial charge in [-0.1, -0.05) is 83.9 Å². The van der Waals surface area contributed by atoms with E-state index in [-0.39, 0.29) is 17.6 Å². The topological polar surface area (TPSA) is 49.4 Å². The zero-order chi connectivity index (χ0) is 23.6. The zero-order valence-electron chi connectivity index (χ0n) is 19.0. The molecule has 0 aliphatic carbocycles. The Morgan fingerprint density at radius 1 is 0.939 bits per heavy atom. The van der Waals surface area contributed by atoms with Crippen molar-refractivity contribution >= 4 is 35.2 Å². The fourth-order valence-electron chi connectivity index (χ4n) is 3.69. The number of rotatable bonds is 10. The van der Waals surface area contributed by atoms with Crippen molar-refractivity contribution < 1.29 is 9.59 Å². The van der Waals surface area contributed by atoms with Crippen molar-refractivity contribution in [1.29, 1.82) is 0 Å². The first-order valence-electron chi connectivity index (χ1n) is 10.9. The van der Waals surface area contributed by atoms with Crippen LogP contribution in [0.15, 0.2) is 78.9 Å². The third-order valence-electron chi connectivity index (χ3n) is 5.34. The molecule has 0 unspecified atom stereocenters. The normalized spacial score (nSPS) is 11.6. The fraction of sp³-hybridized carbons (Fsp3) is 0.259. The molecule has 0 radical (unpaired) electrons. The van der Waals surface area contributed by atoms with Gasteiger partial charge in [0.1, 0.15) is 6.04 Å². The van der Waals surface area contributed by atoms with Gasteiger partial charge in [0.2, 0.25) is 11.8 Å². The Kier molecular flexibility index (Phi) is 9.40. The van der Waals surface area contributed by atoms with E-state index in [1.54, 1.807) is 29.8 Å². The number of likely N-dealkylation sites (N-methyl/N-ethyl adjacent to an activating group) is 1. The zero-order valence-corrected chi connectivity index (χ0v) is 20.5. The van der Waals surface area contributed by atoms with Crippen LogP contribution in [0.25, 0.3) is 0 Å². The molecule has 33 heavy (non-hydrogen) atoms. The summed E-state index contributed by atoms with van der Waals surface area (Å²) in [4.78, 5) is 28.0. The van der Waals surface area contributed by atoms with E-state index in [1.807, 2.05) is 54.6 Å². The number of nitrogens with one attached hydrogen (secondary N) is 1. The predicted octanol–water partition coefficient (Wildman–Crippen LogP) is 5.27. The van der Waals surface area contributed by atoms with Crippen LogP contribution >= 0.6 is 23.4 Å². The van der Waals surface area contributed by atoms with Crippen LogP contribution in [0.5, 0.6) is 0 Å². The standard InChI is InChI=1S/C27H29ClN2O2S/c1-20-8-6-12-23(14-20)18-33-19-26(31)30(17-22-11-7-13-24(28)15-22)25(27(32)29-2)16-21-9-4-3-5-10-21/h3-15,25H,16-19H2,1-2H3,(H,29,32)/t25-/m0/s1. The monoisotopic (exact) mass is 480 g/mol. The Bertz CT molecular complexity index is 1070. The van der Waals surface area contributed by atoms with Crippen LogP contribution in [0.1, 0.15) is 22.3 Å². The van der Waals surface area contributed by atoms with Crippen LogP contribution in [0.2, 0.25) is 5.02 Å². The second-order valence-corrected chi connectivity index (χ2v) is 9.38. The second-order valence-electron chi connectivity index (χ2n) is 7.95. The van der Waals surface area contributed by atoms with Gasteiger partial charge in [-0.25, -0.2) is 0 Å². The number of carbonyl (C=O) groups excluding carboxylic acids is 2. The minimum atomic E-state index is -0.622. The molecule has 3 aromatic rings. The van der Waals surface area contributed by atoms with Crippen LogP contribution in [-0.4, -0.2) is 35.6 Å². The number of carbonyl (C=O) groups is 2. The SMILES string of the molecule is CNC(=O)[C@H](Cc1ccccc1)N(Cc1cccc(Cl)c1)C(=O)CSCc1cccc(C)c1. The van der Waals surface area contributed by atoms with Crippen molar-refractivity contribution in [2.75, 3.05) is 12.8 Å². The number of hydrogen-bond donors (Lipinski definition) is 1. The highest BCUT2D eigenvalue weighted by Gasteiger charge is 2.29. The lowest BCUT2D eigenvalue weighted by atomic mass is 10.0. The Morgan fingerprint density at radius 2 is 1.64 bits per heavy atom. The third kappa shape index (κ3) is 7.65. The quantitative estimate of drug-likeness (QED) is 0.430. The second kappa shape index (κ2) is 12.5. The molecule has 1 atom stereocenters. The van der Waals surface area contributed by atoms with Gasteiger partial charge in [0, 0.05) is 30.8 Å². The summed E-state index contributed by atoms with van der Waals surface area (Å²) in [6.45, 7) is 2.37. The van der Waals surface area contributed by atoms with Crippen molar-refractivity contribution in [3.8, 4) is 0 Å². The van der Waals surface area contributed by atoms with E-state index in [0.29, 0.717) is 18.0 Å². The summed E-state index contributed by atoms with van der Waals surface area (Å²) in [6, 6.07) is 24.9. The molecule has 0 fully saturated rings. The van der Waals surface area contributed by atoms with E-state index < -0.39 is 6.04 Å². The molecular weight excluding hydrogens is 452 g/mol. The smallest absolute Gasteiger partial charge is 0.242 e. The maximum atomic E-state index is 13.4. The van der Waals surface area contributed by atoms with Gasteiger partial charge in [-0.15, -0.1) is 11.8 Å². The van der Waals surface area contributed by atoms with E-state index >= 15 is 0 Å². The van der Waals surface area contributed by atoms with E-state index in [2.05, 4.69) is 30.4 Å². The lowest BCUT2D eigenvalue weighted by Crippen LogP contribution is -2.50. The molecule has 0 saturated carbocycles. The number of aryl methyl sites for hydroxylation is 1. The lowest BCUT2D eigenvalue weighted by molar-refractivity contribution is -0.139. The van der Waals surface area contributed by atoms with Crippen molar-refractivity contribution in [2.45, 2.75) is 31.7 Å². The molecule has 172 valence electrons. The highest BCUT2D eigenvalue weighted by atomic mass is 35.5. The Labute approximate surface area is 205 Å². The molecule has 0 heterocycles. The molecule has 4 nitrogen and oxygen atoms in total. The average molecular weight is 481 g/mol. The van der Waals surface area contributed by atoms with E-state index in [1.165, 1.54) is 11.1 Å². The van der Waals surface area contributed by atoms with E-state index in [4.69, 9.17) is 11.6 Å². The molecular formula is C27H29ClN2O2S. The van der Waals surface area contributed by atoms with Gasteiger partial charge < -0.3 is 10.2 Å². The highest BCUT2D eigenvalue weighted by Crippen LogP contribution is 2.20. The molecule has 0 aliphatic heterocycles. The first kappa shape index (κ1) is 24.9. The molecule has 0 bridgehead atoms. The van der Waals surface area contributed by atoms with Crippen molar-refractivity contribution in [2.24, 2.45) is 0 Å². The minimum absolute atomic E-state index is 0.0721. The molecule has 0 aromatic heterocycles. The van der Waals surface area contributed by atoms with Crippen LogP contribution in [0, 0.1) is 6.92 Å². The minimum Gasteiger partial charge on any atom is -0.357 e. The third-order valence-corrected chi connectivity index (χ3v) is 6.56. The number of benzene rings is 3. The maximum absolute atomic E-state index is 13.4. The molecule has 3 aromatic carbocycles. The first-order chi connectivity index (χ1) is 16.0. The van der Waals surface area contributed by atoms with Gasteiger partial charge in [0.05, 0.1) is 5.75 Å². The van der Waals surface area contributed by atoms with Crippen LogP contribution in [0.3, 0.4) is 0 Å². The largest absolute Gasteiger partial charge is 0.357 e. The van der Waals surface area contributed by atoms with E-state index in [9.17, 15) is 9.59 Å². The first-order valence-corrected chi connectivity index (χ1v) is 12.4. The van der Waals surface area contributed by atoms with Gasteiger partial charge >= 0.3 is 0 Å². The number of nitrogens with zero attached hydrogens (tertiary/aromatic N) is 1. The molecule has 6 heteroatoms. The summed E-state index contributed by atoms with van der Waals surface area (Å²) in [5.74, 6) is 0.772. The average Bonchev–Trinajstić information content (AvgIpc) is 2.81. The summed E-state index contributed by atoms with van der Waals surface area (Å²) in [5, 5.41) is 3.35. The molecule has 0 spiro atoms. The lowest BCUT2D eigenvalue weighted by Gasteiger charge is -2.31. The molecule has 2 amide bonds.